The second-order valence-corrected chi connectivity index (χ2v) is 5.85. The van der Waals surface area contributed by atoms with Crippen molar-refractivity contribution in [1.82, 2.24) is 14.7 Å². The summed E-state index contributed by atoms with van der Waals surface area (Å²) in [5, 5.41) is 5.16. The van der Waals surface area contributed by atoms with Crippen molar-refractivity contribution in [1.29, 1.82) is 0 Å². The first-order valence-corrected chi connectivity index (χ1v) is 8.08. The number of methoxy groups -OCH3 is 1. The summed E-state index contributed by atoms with van der Waals surface area (Å²) < 4.78 is 6.60. The van der Waals surface area contributed by atoms with Crippen molar-refractivity contribution in [3.63, 3.8) is 0 Å². The number of carbonyl (C=O) groups excluding carboxylic acids is 1. The molecule has 0 aliphatic carbocycles. The van der Waals surface area contributed by atoms with Crippen molar-refractivity contribution in [2.75, 3.05) is 20.2 Å². The van der Waals surface area contributed by atoms with E-state index in [1.807, 2.05) is 45.0 Å². The predicted octanol–water partition coefficient (Wildman–Crippen LogP) is 3.66. The Labute approximate surface area is 135 Å². The number of nitrogens with zero attached hydrogens (tertiary/aromatic N) is 3. The molecule has 0 saturated carbocycles. The molecule has 0 N–H and O–H groups in total. The summed E-state index contributed by atoms with van der Waals surface area (Å²) >= 11 is 1.54. The van der Waals surface area contributed by atoms with Crippen LogP contribution >= 0.6 is 11.8 Å². The van der Waals surface area contributed by atoms with Crippen LogP contribution in [0, 0.1) is 6.92 Å². The molecule has 0 aliphatic rings. The molecule has 0 spiro atoms. The van der Waals surface area contributed by atoms with Gasteiger partial charge in [0.2, 0.25) is 0 Å². The second kappa shape index (κ2) is 7.35. The Hall–Kier alpha value is -1.95. The lowest BCUT2D eigenvalue weighted by Crippen LogP contribution is -2.34. The standard InChI is InChI=1S/C16H21N3O2S/c1-5-18(6-2)16(20)19-10-9-15(17-19)22-14-8-7-13(21-4)11-12(14)3/h7-11H,5-6H2,1-4H3. The van der Waals surface area contributed by atoms with E-state index in [0.29, 0.717) is 13.1 Å². The number of aromatic nitrogens is 2. The van der Waals surface area contributed by atoms with E-state index in [-0.39, 0.29) is 6.03 Å². The van der Waals surface area contributed by atoms with Gasteiger partial charge in [0.15, 0.2) is 0 Å². The highest BCUT2D eigenvalue weighted by Crippen LogP contribution is 2.31. The maximum absolute atomic E-state index is 12.2. The Morgan fingerprint density at radius 1 is 1.32 bits per heavy atom. The number of hydrogen-bond acceptors (Lipinski definition) is 4. The van der Waals surface area contributed by atoms with Crippen LogP contribution in [0.5, 0.6) is 5.75 Å². The van der Waals surface area contributed by atoms with Gasteiger partial charge < -0.3 is 9.64 Å². The van der Waals surface area contributed by atoms with Crippen molar-refractivity contribution in [2.24, 2.45) is 0 Å². The molecular weight excluding hydrogens is 298 g/mol. The van der Waals surface area contributed by atoms with Crippen LogP contribution < -0.4 is 4.74 Å². The summed E-state index contributed by atoms with van der Waals surface area (Å²) in [5.41, 5.74) is 1.12. The van der Waals surface area contributed by atoms with Gasteiger partial charge >= 0.3 is 6.03 Å². The van der Waals surface area contributed by atoms with Gasteiger partial charge in [-0.05, 0) is 50.6 Å². The number of ether oxygens (including phenoxy) is 1. The average Bonchev–Trinajstić information content (AvgIpc) is 2.99. The first-order valence-electron chi connectivity index (χ1n) is 7.26. The van der Waals surface area contributed by atoms with Gasteiger partial charge in [-0.15, -0.1) is 0 Å². The molecule has 2 aromatic rings. The van der Waals surface area contributed by atoms with Crippen LogP contribution in [-0.4, -0.2) is 40.9 Å². The molecule has 118 valence electrons. The molecule has 0 bridgehead atoms. The fourth-order valence-electron chi connectivity index (χ4n) is 2.08. The van der Waals surface area contributed by atoms with E-state index < -0.39 is 0 Å². The number of benzene rings is 1. The average molecular weight is 319 g/mol. The van der Waals surface area contributed by atoms with Gasteiger partial charge in [-0.1, -0.05) is 11.8 Å². The fourth-order valence-corrected chi connectivity index (χ4v) is 2.92. The summed E-state index contributed by atoms with van der Waals surface area (Å²) in [6.45, 7) is 7.30. The van der Waals surface area contributed by atoms with E-state index in [1.54, 1.807) is 30.0 Å². The van der Waals surface area contributed by atoms with Crippen molar-refractivity contribution in [3.8, 4) is 5.75 Å². The maximum Gasteiger partial charge on any atom is 0.344 e. The van der Waals surface area contributed by atoms with Crippen LogP contribution in [0.1, 0.15) is 19.4 Å². The van der Waals surface area contributed by atoms with Crippen molar-refractivity contribution < 1.29 is 9.53 Å². The zero-order valence-corrected chi connectivity index (χ0v) is 14.2. The Kier molecular flexibility index (Phi) is 5.49. The summed E-state index contributed by atoms with van der Waals surface area (Å²) in [6.07, 6.45) is 1.71. The van der Waals surface area contributed by atoms with Gasteiger partial charge in [-0.2, -0.15) is 9.78 Å². The quantitative estimate of drug-likeness (QED) is 0.844. The van der Waals surface area contributed by atoms with Crippen LogP contribution in [0.15, 0.2) is 40.4 Å². The molecule has 5 nitrogen and oxygen atoms in total. The lowest BCUT2D eigenvalue weighted by molar-refractivity contribution is 0.201. The molecule has 0 aliphatic heterocycles. The Morgan fingerprint density at radius 3 is 2.64 bits per heavy atom. The number of hydrogen-bond donors (Lipinski definition) is 0. The number of aryl methyl sites for hydroxylation is 1. The minimum absolute atomic E-state index is 0.0942. The fraction of sp³-hybridized carbons (Fsp3) is 0.375. The monoisotopic (exact) mass is 319 g/mol. The van der Waals surface area contributed by atoms with Crippen molar-refractivity contribution in [3.05, 3.63) is 36.0 Å². The third-order valence-electron chi connectivity index (χ3n) is 3.39. The van der Waals surface area contributed by atoms with E-state index in [9.17, 15) is 4.79 Å². The Balaban J connectivity index is 2.14. The van der Waals surface area contributed by atoms with Gasteiger partial charge in [-0.3, -0.25) is 0 Å². The minimum atomic E-state index is -0.0942. The summed E-state index contributed by atoms with van der Waals surface area (Å²) in [5.74, 6) is 0.837. The maximum atomic E-state index is 12.2. The molecule has 0 fully saturated rings. The minimum Gasteiger partial charge on any atom is -0.497 e. The highest BCUT2D eigenvalue weighted by atomic mass is 32.2. The third-order valence-corrected chi connectivity index (χ3v) is 4.50. The molecule has 2 rings (SSSR count). The van der Waals surface area contributed by atoms with E-state index in [2.05, 4.69) is 5.10 Å². The number of rotatable bonds is 5. The SMILES string of the molecule is CCN(CC)C(=O)n1ccc(Sc2ccc(OC)cc2C)n1. The third kappa shape index (κ3) is 3.62. The predicted molar refractivity (Wildman–Crippen MR) is 87.8 cm³/mol. The molecule has 1 amide bonds. The largest absolute Gasteiger partial charge is 0.497 e. The van der Waals surface area contributed by atoms with E-state index in [4.69, 9.17) is 4.74 Å². The van der Waals surface area contributed by atoms with Crippen LogP contribution in [-0.2, 0) is 0 Å². The van der Waals surface area contributed by atoms with Gasteiger partial charge in [0.05, 0.1) is 7.11 Å². The lowest BCUT2D eigenvalue weighted by atomic mass is 10.2. The zero-order valence-electron chi connectivity index (χ0n) is 13.4. The highest BCUT2D eigenvalue weighted by molar-refractivity contribution is 7.99. The summed E-state index contributed by atoms with van der Waals surface area (Å²) in [6, 6.07) is 7.68. The smallest absolute Gasteiger partial charge is 0.344 e. The highest BCUT2D eigenvalue weighted by Gasteiger charge is 2.14. The topological polar surface area (TPSA) is 47.4 Å². The van der Waals surface area contributed by atoms with E-state index in [1.165, 1.54) is 4.68 Å². The normalized spacial score (nSPS) is 10.5. The van der Waals surface area contributed by atoms with Crippen molar-refractivity contribution in [2.45, 2.75) is 30.7 Å². The van der Waals surface area contributed by atoms with Crippen molar-refractivity contribution >= 4 is 17.8 Å². The first kappa shape index (κ1) is 16.4. The molecule has 0 saturated heterocycles. The van der Waals surface area contributed by atoms with Crippen LogP contribution in [0.25, 0.3) is 0 Å². The molecule has 6 heteroatoms. The second-order valence-electron chi connectivity index (χ2n) is 4.79. The van der Waals surface area contributed by atoms with Gasteiger partial charge in [0.1, 0.15) is 10.8 Å². The van der Waals surface area contributed by atoms with Crippen LogP contribution in [0.2, 0.25) is 0 Å². The summed E-state index contributed by atoms with van der Waals surface area (Å²) in [4.78, 5) is 15.1. The molecule has 1 aromatic carbocycles. The van der Waals surface area contributed by atoms with Crippen LogP contribution in [0.3, 0.4) is 0 Å². The molecular formula is C16H21N3O2S. The molecule has 1 heterocycles. The van der Waals surface area contributed by atoms with Crippen LogP contribution in [0.4, 0.5) is 4.79 Å². The van der Waals surface area contributed by atoms with E-state index in [0.717, 1.165) is 21.2 Å². The molecule has 0 radical (unpaired) electrons. The Bertz CT molecular complexity index is 651. The van der Waals surface area contributed by atoms with Gasteiger partial charge in [-0.25, -0.2) is 4.79 Å². The first-order chi connectivity index (χ1) is 10.6. The Morgan fingerprint density at radius 2 is 2.05 bits per heavy atom. The zero-order chi connectivity index (χ0) is 16.1. The number of amides is 1. The van der Waals surface area contributed by atoms with E-state index >= 15 is 0 Å². The molecule has 0 atom stereocenters. The number of carbonyl (C=O) groups is 1. The molecule has 0 unspecified atom stereocenters. The van der Waals surface area contributed by atoms with Gasteiger partial charge in [0.25, 0.3) is 0 Å². The summed E-state index contributed by atoms with van der Waals surface area (Å²) in [7, 11) is 1.65. The lowest BCUT2D eigenvalue weighted by Gasteiger charge is -2.17. The molecule has 22 heavy (non-hydrogen) atoms. The van der Waals surface area contributed by atoms with Gasteiger partial charge in [0, 0.05) is 24.2 Å². The molecule has 1 aromatic heterocycles.